The maximum atomic E-state index is 15.1. The Morgan fingerprint density at radius 1 is 0.560 bits per heavy atom. The second-order valence-corrected chi connectivity index (χ2v) is 37.7. The van der Waals surface area contributed by atoms with Gasteiger partial charge in [-0.2, -0.15) is 26.3 Å². The van der Waals surface area contributed by atoms with Gasteiger partial charge in [0.05, 0.1) is 96.8 Å². The number of rotatable bonds is 20. The van der Waals surface area contributed by atoms with E-state index in [9.17, 15) is 71.9 Å². The number of nitrogens with one attached hydrogen (secondary N) is 2. The summed E-state index contributed by atoms with van der Waals surface area (Å²) in [5.41, 5.74) is -12.9. The zero-order chi connectivity index (χ0) is 94.8. The van der Waals surface area contributed by atoms with Crippen LogP contribution in [-0.2, 0) is 67.9 Å². The molecule has 2 N–H and O–H groups in total. The van der Waals surface area contributed by atoms with E-state index in [2.05, 4.69) is 28.9 Å². The average Bonchev–Trinajstić information content (AvgIpc) is 1.06. The molecule has 4 aliphatic heterocycles. The number of halogens is 6. The topological polar surface area (TPSA) is 317 Å². The van der Waals surface area contributed by atoms with Crippen LogP contribution in [0.4, 0.5) is 26.3 Å². The van der Waals surface area contributed by atoms with Crippen LogP contribution < -0.4 is 28.4 Å². The number of ketones is 2. The molecule has 0 spiro atoms. The summed E-state index contributed by atoms with van der Waals surface area (Å²) in [6, 6.07) is 11.2. The van der Waals surface area contributed by atoms with E-state index in [4.69, 9.17) is 35.4 Å². The fourth-order valence-electron chi connectivity index (χ4n) is 16.7. The van der Waals surface area contributed by atoms with E-state index in [1.54, 1.807) is 74.5 Å². The number of pyridine rings is 2. The predicted octanol–water partition coefficient (Wildman–Crippen LogP) is 13.7. The lowest BCUT2D eigenvalue weighted by molar-refractivity contribution is -0.257. The molecule has 0 bridgehead atoms. The third-order valence-corrected chi connectivity index (χ3v) is 29.1. The molecule has 2 aromatic heterocycles. The second kappa shape index (κ2) is 33.8. The zero-order valence-corrected chi connectivity index (χ0v) is 67.4. The quantitative estimate of drug-likeness (QED) is 0.0472. The standard InChI is InChI=1S/2C42H54F3N3O9S/c2*1-7-26-18-25(2)12-8-9-13-27-21-41(27,38(52)47-58(53,54)40(5)16-17-40)22-33(49)32-19-28(56-36-30-15-11-10-14-29(30)34(55-6)23-46-36)24-48(32)37(51)31(26)20-35(50)57-39(3,4)42(43,44)45/h2*9-11,13-15,23,25-28,31-32H,7-8,12,16-22,24H2,1-6H3,(H,47,52)/b2*13-9-/t25-,26+,27+,28+,31-,32-,41+;25-,26-,27-,28-,31+,32+,41-/m01/s1/i2*3D3,4D3. The van der Waals surface area contributed by atoms with Gasteiger partial charge in [0.15, 0.2) is 11.6 Å². The summed E-state index contributed by atoms with van der Waals surface area (Å²) < 4.78 is 268. The lowest BCUT2D eigenvalue weighted by atomic mass is 9.79. The molecule has 32 heteroatoms. The number of fused-ring (bicyclic) bond motifs is 6. The molecule has 0 unspecified atom stereocenters. The number of esters is 2. The SMILES string of the molecule is [2H]C([2H])([2H])C(OC(=O)C[C@@H]1C(=O)N2C[C@H](Oc3ncc(OC)c4ccccc34)C[C@H]2C(=O)C[C@]2(C(=O)NS(=O)(=O)C3(C)CC3)C[C@H]2/C=C\CC[C@@H](C)C[C@H]1CC)(C([2H])([2H])[2H])C(F)(F)F.[2H]C([2H])([2H])C(OC(=O)C[C@@H]1C(=O)N2C[C@H](Oc3ncc(OC)c4ccccc34)C[C@H]2C(=O)C[C@]2(C(=O)NS(=O)(=O)C3(C)CC3)C[C@H]2/C=C\CC[C@H](C)C[C@H]1CC)(C([2H])([2H])[2H])C(F)(F)F. The number of aromatic nitrogens is 2. The Balaban J connectivity index is 0.000000248. The molecule has 14 atom stereocenters. The zero-order valence-electron chi connectivity index (χ0n) is 77.8. The van der Waals surface area contributed by atoms with Gasteiger partial charge in [0.2, 0.25) is 66.6 Å². The lowest BCUT2D eigenvalue weighted by Crippen LogP contribution is -2.49. The Labute approximate surface area is 690 Å². The first-order valence-corrected chi connectivity index (χ1v) is 42.1. The van der Waals surface area contributed by atoms with Crippen LogP contribution in [0.2, 0.25) is 0 Å². The Morgan fingerprint density at radius 2 is 0.914 bits per heavy atom. The number of hydrogen-bond acceptors (Lipinski definition) is 20. The molecule has 6 fully saturated rings. The monoisotopic (exact) mass is 1680 g/mol. The molecule has 116 heavy (non-hydrogen) atoms. The van der Waals surface area contributed by atoms with Crippen molar-refractivity contribution in [3.8, 4) is 23.3 Å². The summed E-state index contributed by atoms with van der Waals surface area (Å²) >= 11 is 0. The molecule has 2 aromatic carbocycles. The first-order chi connectivity index (χ1) is 59.3. The summed E-state index contributed by atoms with van der Waals surface area (Å²) in [5, 5.41) is 2.31. The molecule has 4 aliphatic carbocycles. The van der Waals surface area contributed by atoms with Crippen molar-refractivity contribution in [3.63, 3.8) is 0 Å². The van der Waals surface area contributed by atoms with Gasteiger partial charge in [-0.15, -0.1) is 0 Å². The first kappa shape index (κ1) is 72.8. The summed E-state index contributed by atoms with van der Waals surface area (Å²) in [6.07, 6.45) is -3.36. The van der Waals surface area contributed by atoms with Crippen molar-refractivity contribution >= 4 is 88.7 Å². The number of hydrogen-bond donors (Lipinski definition) is 2. The summed E-state index contributed by atoms with van der Waals surface area (Å²) in [4.78, 5) is 127. The molecular weight excluding hydrogens is 1560 g/mol. The van der Waals surface area contributed by atoms with Crippen LogP contribution in [0.1, 0.15) is 214 Å². The summed E-state index contributed by atoms with van der Waals surface area (Å²) in [6.45, 7) is -8.17. The number of carbonyl (C=O) groups excluding carboxylic acids is 8. The first-order valence-electron chi connectivity index (χ1n) is 45.2. The molecule has 4 saturated carbocycles. The van der Waals surface area contributed by atoms with Gasteiger partial charge in [0, 0.05) is 63.7 Å². The van der Waals surface area contributed by atoms with Crippen LogP contribution in [0, 0.1) is 58.2 Å². The lowest BCUT2D eigenvalue weighted by Gasteiger charge is -2.34. The van der Waals surface area contributed by atoms with Gasteiger partial charge in [0.25, 0.3) is 0 Å². The Hall–Kier alpha value is -8.42. The van der Waals surface area contributed by atoms with E-state index in [1.807, 2.05) is 26.0 Å². The Morgan fingerprint density at radius 3 is 1.23 bits per heavy atom. The Kier molecular flexibility index (Phi) is 21.2. The molecule has 8 aliphatic rings. The highest BCUT2D eigenvalue weighted by molar-refractivity contribution is 7.92. The number of carbonyl (C=O) groups is 8. The fraction of sp³-hybridized carbons (Fsp3) is 0.643. The normalized spacial score (nSPS) is 31.6. The van der Waals surface area contributed by atoms with E-state index in [-0.39, 0.29) is 88.1 Å². The molecule has 12 rings (SSSR count). The largest absolute Gasteiger partial charge is 0.494 e. The average molecular weight is 1680 g/mol. The van der Waals surface area contributed by atoms with Gasteiger partial charge in [-0.05, 0) is 166 Å². The van der Waals surface area contributed by atoms with Gasteiger partial charge < -0.3 is 38.2 Å². The van der Waals surface area contributed by atoms with Crippen molar-refractivity contribution in [2.24, 2.45) is 58.2 Å². The number of alkyl halides is 6. The van der Waals surface area contributed by atoms with Gasteiger partial charge in [-0.3, -0.25) is 47.8 Å². The van der Waals surface area contributed by atoms with Gasteiger partial charge in [0.1, 0.15) is 23.7 Å². The molecule has 2 saturated heterocycles. The molecule has 24 nitrogen and oxygen atoms in total. The smallest absolute Gasteiger partial charge is 0.427 e. The van der Waals surface area contributed by atoms with Crippen LogP contribution in [0.3, 0.4) is 0 Å². The molecule has 4 amide bonds. The molecule has 6 heterocycles. The number of Topliss-reactive ketones (excluding diaryl/α,β-unsaturated/α-hetero) is 2. The number of benzene rings is 2. The van der Waals surface area contributed by atoms with E-state index < -0.39 is 224 Å². The number of nitrogens with zero attached hydrogens (tertiary/aromatic N) is 4. The molecule has 636 valence electrons. The van der Waals surface area contributed by atoms with Gasteiger partial charge in [-0.25, -0.2) is 26.8 Å². The number of sulfonamides is 2. The van der Waals surface area contributed by atoms with Gasteiger partial charge >= 0.3 is 24.3 Å². The highest BCUT2D eigenvalue weighted by Crippen LogP contribution is 2.60. The maximum Gasteiger partial charge on any atom is 0.427 e. The summed E-state index contributed by atoms with van der Waals surface area (Å²) in [5.74, 6) is -13.6. The third-order valence-electron chi connectivity index (χ3n) is 24.8. The van der Waals surface area contributed by atoms with E-state index in [1.165, 1.54) is 40.5 Å². The van der Waals surface area contributed by atoms with E-state index in [0.29, 0.717) is 84.4 Å². The van der Waals surface area contributed by atoms with Crippen molar-refractivity contribution in [3.05, 3.63) is 85.2 Å². The van der Waals surface area contributed by atoms with Crippen molar-refractivity contribution in [2.75, 3.05) is 27.3 Å². The van der Waals surface area contributed by atoms with Crippen LogP contribution in [-0.4, -0.2) is 168 Å². The van der Waals surface area contributed by atoms with Crippen LogP contribution in [0.25, 0.3) is 21.5 Å². The highest BCUT2D eigenvalue weighted by Gasteiger charge is 2.65. The molecule has 0 radical (unpaired) electrons. The number of methoxy groups -OCH3 is 2. The fourth-order valence-corrected chi connectivity index (χ4v) is 19.4. The van der Waals surface area contributed by atoms with Crippen LogP contribution in [0.15, 0.2) is 85.2 Å². The number of ether oxygens (including phenoxy) is 6. The van der Waals surface area contributed by atoms with E-state index in [0.717, 1.165) is 9.80 Å². The second-order valence-electron chi connectivity index (χ2n) is 33.3. The van der Waals surface area contributed by atoms with Crippen molar-refractivity contribution in [1.29, 1.82) is 0 Å². The minimum Gasteiger partial charge on any atom is -0.494 e. The third kappa shape index (κ3) is 18.8. The molecular formula is C84H108F6N6O18S2. The van der Waals surface area contributed by atoms with E-state index >= 15 is 9.59 Å². The highest BCUT2D eigenvalue weighted by atomic mass is 32.2. The molecule has 4 aromatic rings. The number of allylic oxidation sites excluding steroid dienone is 4. The summed E-state index contributed by atoms with van der Waals surface area (Å²) in [7, 11) is -5.31. The number of amides is 4. The van der Waals surface area contributed by atoms with Gasteiger partial charge in [-0.1, -0.05) is 101 Å². The van der Waals surface area contributed by atoms with Crippen molar-refractivity contribution in [2.45, 2.75) is 255 Å². The maximum absolute atomic E-state index is 15.1. The van der Waals surface area contributed by atoms with Crippen LogP contribution >= 0.6 is 0 Å². The minimum atomic E-state index is -6.10. The van der Waals surface area contributed by atoms with Crippen molar-refractivity contribution in [1.82, 2.24) is 29.2 Å². The predicted molar refractivity (Wildman–Crippen MR) is 416 cm³/mol. The van der Waals surface area contributed by atoms with Crippen molar-refractivity contribution < 1.29 is 126 Å². The van der Waals surface area contributed by atoms with Crippen LogP contribution in [0.5, 0.6) is 23.3 Å². The Bertz CT molecular complexity index is 4820. The minimum absolute atomic E-state index is 0.115.